The van der Waals surface area contributed by atoms with E-state index in [4.69, 9.17) is 5.73 Å². The number of esters is 1. The van der Waals surface area contributed by atoms with E-state index in [0.717, 1.165) is 12.7 Å². The van der Waals surface area contributed by atoms with Gasteiger partial charge in [0.25, 0.3) is 0 Å². The van der Waals surface area contributed by atoms with Crippen LogP contribution < -0.4 is 11.1 Å². The van der Waals surface area contributed by atoms with Gasteiger partial charge >= 0.3 is 5.97 Å². The van der Waals surface area contributed by atoms with Crippen LogP contribution in [0.1, 0.15) is 5.56 Å². The fraction of sp³-hybridized carbons (Fsp3) is 0.385. The van der Waals surface area contributed by atoms with Crippen LogP contribution in [0.5, 0.6) is 0 Å². The number of benzene rings is 1. The molecule has 1 amide bonds. The van der Waals surface area contributed by atoms with Gasteiger partial charge in [0.1, 0.15) is 0 Å². The van der Waals surface area contributed by atoms with Crippen LogP contribution in [0, 0.1) is 0 Å². The number of carbonyl (C=O) groups excluding carboxylic acids is 2. The largest absolute Gasteiger partial charge is 0.467 e. The summed E-state index contributed by atoms with van der Waals surface area (Å²) in [6, 6.07) is 8.61. The van der Waals surface area contributed by atoms with Gasteiger partial charge in [0.05, 0.1) is 19.7 Å². The van der Waals surface area contributed by atoms with Gasteiger partial charge in [0.15, 0.2) is 6.10 Å². The van der Waals surface area contributed by atoms with Crippen LogP contribution in [-0.2, 0) is 20.7 Å². The molecule has 0 aromatic heterocycles. The summed E-state index contributed by atoms with van der Waals surface area (Å²) < 4.78 is 4.33. The molecule has 0 heterocycles. The van der Waals surface area contributed by atoms with Gasteiger partial charge in [-0.2, -0.15) is 0 Å². The van der Waals surface area contributed by atoms with Gasteiger partial charge < -0.3 is 20.9 Å². The number of hydrogen-bond acceptors (Lipinski definition) is 5. The average Bonchev–Trinajstić information content (AvgIpc) is 2.44. The number of amides is 1. The van der Waals surface area contributed by atoms with Crippen molar-refractivity contribution in [1.82, 2.24) is 5.32 Å². The minimum Gasteiger partial charge on any atom is -0.467 e. The van der Waals surface area contributed by atoms with Crippen LogP contribution in [0.25, 0.3) is 0 Å². The molecule has 1 aromatic rings. The van der Waals surface area contributed by atoms with Crippen molar-refractivity contribution in [3.8, 4) is 0 Å². The van der Waals surface area contributed by atoms with Gasteiger partial charge in [-0.25, -0.2) is 4.79 Å². The summed E-state index contributed by atoms with van der Waals surface area (Å²) in [5.41, 5.74) is 6.68. The molecule has 0 radical (unpaired) electrons. The molecule has 1 unspecified atom stereocenters. The Morgan fingerprint density at radius 2 is 2.00 bits per heavy atom. The zero-order valence-electron chi connectivity index (χ0n) is 10.7. The highest BCUT2D eigenvalue weighted by atomic mass is 16.5. The van der Waals surface area contributed by atoms with E-state index >= 15 is 0 Å². The number of nitrogens with one attached hydrogen (secondary N) is 1. The number of methoxy groups -OCH3 is 1. The van der Waals surface area contributed by atoms with Crippen LogP contribution in [-0.4, -0.2) is 42.8 Å². The minimum atomic E-state index is -1.38. The molecular formula is C13H18N2O4. The summed E-state index contributed by atoms with van der Waals surface area (Å²) >= 11 is 0. The van der Waals surface area contributed by atoms with Crippen molar-refractivity contribution in [3.05, 3.63) is 35.9 Å². The standard InChI is InChI=1S/C13H18N2O4/c1-19-13(18)11(16)8-15-12(17)10(14)7-9-5-3-2-4-6-9/h2-6,10-11,16H,7-8,14H2,1H3,(H,15,17)/t10-,11?/m1/s1. The Labute approximate surface area is 111 Å². The fourth-order valence-electron chi connectivity index (χ4n) is 1.51. The Morgan fingerprint density at radius 1 is 1.37 bits per heavy atom. The maximum Gasteiger partial charge on any atom is 0.336 e. The first kappa shape index (κ1) is 15.1. The Bertz CT molecular complexity index is 422. The normalized spacial score (nSPS) is 13.4. The molecule has 104 valence electrons. The van der Waals surface area contributed by atoms with Crippen molar-refractivity contribution in [2.45, 2.75) is 18.6 Å². The Kier molecular flexibility index (Phi) is 5.98. The maximum absolute atomic E-state index is 11.7. The third-order valence-electron chi connectivity index (χ3n) is 2.58. The van der Waals surface area contributed by atoms with E-state index in [2.05, 4.69) is 10.1 Å². The Hall–Kier alpha value is -1.92. The predicted octanol–water partition coefficient (Wildman–Crippen LogP) is -0.793. The number of aliphatic hydroxyl groups excluding tert-OH is 1. The highest BCUT2D eigenvalue weighted by molar-refractivity contribution is 5.83. The number of ether oxygens (including phenoxy) is 1. The fourth-order valence-corrected chi connectivity index (χ4v) is 1.51. The van der Waals surface area contributed by atoms with Crippen molar-refractivity contribution < 1.29 is 19.4 Å². The first-order valence-electron chi connectivity index (χ1n) is 5.87. The molecule has 0 fully saturated rings. The number of aliphatic hydroxyl groups is 1. The number of rotatable bonds is 6. The van der Waals surface area contributed by atoms with E-state index in [1.165, 1.54) is 0 Å². The molecule has 0 aliphatic heterocycles. The quantitative estimate of drug-likeness (QED) is 0.585. The molecule has 0 aliphatic carbocycles. The van der Waals surface area contributed by atoms with Crippen molar-refractivity contribution in [1.29, 1.82) is 0 Å². The van der Waals surface area contributed by atoms with E-state index in [9.17, 15) is 14.7 Å². The lowest BCUT2D eigenvalue weighted by Gasteiger charge is -2.14. The van der Waals surface area contributed by atoms with E-state index < -0.39 is 24.0 Å². The van der Waals surface area contributed by atoms with Crippen LogP contribution in [0.3, 0.4) is 0 Å². The number of nitrogens with two attached hydrogens (primary N) is 1. The van der Waals surface area contributed by atoms with Gasteiger partial charge in [-0.15, -0.1) is 0 Å². The number of hydrogen-bond donors (Lipinski definition) is 3. The average molecular weight is 266 g/mol. The molecule has 6 nitrogen and oxygen atoms in total. The van der Waals surface area contributed by atoms with E-state index in [-0.39, 0.29) is 6.54 Å². The monoisotopic (exact) mass is 266 g/mol. The second-order valence-corrected chi connectivity index (χ2v) is 4.08. The van der Waals surface area contributed by atoms with Crippen LogP contribution in [0.15, 0.2) is 30.3 Å². The summed E-state index contributed by atoms with van der Waals surface area (Å²) in [7, 11) is 1.16. The molecule has 2 atom stereocenters. The van der Waals surface area contributed by atoms with Gasteiger partial charge in [0.2, 0.25) is 5.91 Å². The molecule has 1 aromatic carbocycles. The molecule has 0 saturated heterocycles. The van der Waals surface area contributed by atoms with Crippen molar-refractivity contribution in [2.75, 3.05) is 13.7 Å². The first-order chi connectivity index (χ1) is 9.04. The molecule has 0 aliphatic rings. The SMILES string of the molecule is COC(=O)C(O)CNC(=O)[C@H](N)Cc1ccccc1. The van der Waals surface area contributed by atoms with E-state index in [0.29, 0.717) is 6.42 Å². The summed E-state index contributed by atoms with van der Waals surface area (Å²) in [6.07, 6.45) is -0.987. The lowest BCUT2D eigenvalue weighted by atomic mass is 10.1. The smallest absolute Gasteiger partial charge is 0.336 e. The van der Waals surface area contributed by atoms with E-state index in [1.54, 1.807) is 0 Å². The number of carbonyl (C=O) groups is 2. The zero-order chi connectivity index (χ0) is 14.3. The molecule has 6 heteroatoms. The van der Waals surface area contributed by atoms with Crippen molar-refractivity contribution in [2.24, 2.45) is 5.73 Å². The molecule has 0 saturated carbocycles. The topological polar surface area (TPSA) is 102 Å². The summed E-state index contributed by atoms with van der Waals surface area (Å²) in [4.78, 5) is 22.6. The molecule has 19 heavy (non-hydrogen) atoms. The third-order valence-corrected chi connectivity index (χ3v) is 2.58. The summed E-state index contributed by atoms with van der Waals surface area (Å²) in [5, 5.41) is 11.7. The van der Waals surface area contributed by atoms with E-state index in [1.807, 2.05) is 30.3 Å². The molecular weight excluding hydrogens is 248 g/mol. The second-order valence-electron chi connectivity index (χ2n) is 4.08. The lowest BCUT2D eigenvalue weighted by Crippen LogP contribution is -2.46. The summed E-state index contributed by atoms with van der Waals surface area (Å²) in [6.45, 7) is -0.214. The highest BCUT2D eigenvalue weighted by Gasteiger charge is 2.19. The Morgan fingerprint density at radius 3 is 2.58 bits per heavy atom. The van der Waals surface area contributed by atoms with Gasteiger partial charge in [-0.05, 0) is 12.0 Å². The summed E-state index contributed by atoms with van der Waals surface area (Å²) in [5.74, 6) is -1.22. The van der Waals surface area contributed by atoms with Crippen LogP contribution >= 0.6 is 0 Å². The predicted molar refractivity (Wildman–Crippen MR) is 69.2 cm³/mol. The highest BCUT2D eigenvalue weighted by Crippen LogP contribution is 2.01. The zero-order valence-corrected chi connectivity index (χ0v) is 10.7. The molecule has 0 spiro atoms. The van der Waals surface area contributed by atoms with Gasteiger partial charge in [-0.3, -0.25) is 4.79 Å². The Balaban J connectivity index is 2.39. The molecule has 1 rings (SSSR count). The minimum absolute atomic E-state index is 0.214. The maximum atomic E-state index is 11.7. The van der Waals surface area contributed by atoms with Crippen LogP contribution in [0.2, 0.25) is 0 Å². The lowest BCUT2D eigenvalue weighted by molar-refractivity contribution is -0.150. The second kappa shape index (κ2) is 7.50. The van der Waals surface area contributed by atoms with Crippen molar-refractivity contribution >= 4 is 11.9 Å². The molecule has 4 N–H and O–H groups in total. The first-order valence-corrected chi connectivity index (χ1v) is 5.87. The van der Waals surface area contributed by atoms with Gasteiger partial charge in [-0.1, -0.05) is 30.3 Å². The van der Waals surface area contributed by atoms with Crippen LogP contribution in [0.4, 0.5) is 0 Å². The third kappa shape index (κ3) is 5.07. The molecule has 0 bridgehead atoms. The van der Waals surface area contributed by atoms with Gasteiger partial charge in [0, 0.05) is 0 Å². The van der Waals surface area contributed by atoms with Crippen molar-refractivity contribution in [3.63, 3.8) is 0 Å².